The lowest BCUT2D eigenvalue weighted by Gasteiger charge is -2.34. The zero-order chi connectivity index (χ0) is 15.6. The van der Waals surface area contributed by atoms with E-state index in [1.54, 1.807) is 12.1 Å². The Hall–Kier alpha value is -1.62. The molecule has 0 aliphatic carbocycles. The van der Waals surface area contributed by atoms with Gasteiger partial charge in [0, 0.05) is 24.2 Å². The predicted molar refractivity (Wildman–Crippen MR) is 82.1 cm³/mol. The van der Waals surface area contributed by atoms with E-state index >= 15 is 0 Å². The number of anilines is 1. The van der Waals surface area contributed by atoms with Crippen molar-refractivity contribution in [3.63, 3.8) is 0 Å². The van der Waals surface area contributed by atoms with Crippen LogP contribution in [0.25, 0.3) is 0 Å². The van der Waals surface area contributed by atoms with Crippen molar-refractivity contribution in [3.8, 4) is 0 Å². The van der Waals surface area contributed by atoms with Crippen LogP contribution < -0.4 is 4.90 Å². The summed E-state index contributed by atoms with van der Waals surface area (Å²) >= 11 is 0. The number of aromatic carboxylic acids is 1. The number of morpholine rings is 1. The largest absolute Gasteiger partial charge is 0.478 e. The average Bonchev–Trinajstić information content (AvgIpc) is 2.46. The van der Waals surface area contributed by atoms with E-state index in [0.29, 0.717) is 12.2 Å². The summed E-state index contributed by atoms with van der Waals surface area (Å²) in [4.78, 5) is 18.2. The molecule has 2 rings (SSSR count). The van der Waals surface area contributed by atoms with E-state index in [-0.39, 0.29) is 11.5 Å². The molecule has 1 fully saturated rings. The molecule has 2 heterocycles. The first-order chi connectivity index (χ1) is 9.81. The van der Waals surface area contributed by atoms with E-state index in [4.69, 9.17) is 4.74 Å². The van der Waals surface area contributed by atoms with Gasteiger partial charge in [-0.3, -0.25) is 0 Å². The van der Waals surface area contributed by atoms with Crippen molar-refractivity contribution in [1.82, 2.24) is 4.98 Å². The number of aromatic nitrogens is 1. The van der Waals surface area contributed by atoms with Gasteiger partial charge >= 0.3 is 5.97 Å². The van der Waals surface area contributed by atoms with Crippen molar-refractivity contribution in [1.29, 1.82) is 0 Å². The third-order valence-electron chi connectivity index (χ3n) is 3.75. The molecule has 1 atom stereocenters. The molecule has 1 unspecified atom stereocenters. The second kappa shape index (κ2) is 6.02. The van der Waals surface area contributed by atoms with Gasteiger partial charge in [-0.15, -0.1) is 0 Å². The van der Waals surface area contributed by atoms with Crippen molar-refractivity contribution >= 4 is 11.8 Å². The number of carbonyl (C=O) groups is 1. The second-order valence-electron chi connectivity index (χ2n) is 6.50. The average molecular weight is 292 g/mol. The number of carboxylic acids is 1. The van der Waals surface area contributed by atoms with Gasteiger partial charge in [-0.05, 0) is 18.6 Å². The molecule has 1 aromatic rings. The molecule has 0 radical (unpaired) electrons. The number of carboxylic acid groups (broad SMARTS) is 1. The molecule has 1 aliphatic rings. The Kier molecular flexibility index (Phi) is 4.52. The molecule has 0 spiro atoms. The summed E-state index contributed by atoms with van der Waals surface area (Å²) in [5.74, 6) is -0.175. The molecule has 5 nitrogen and oxygen atoms in total. The lowest BCUT2D eigenvalue weighted by molar-refractivity contribution is 0.0381. The zero-order valence-corrected chi connectivity index (χ0v) is 13.2. The smallest absolute Gasteiger partial charge is 0.335 e. The quantitative estimate of drug-likeness (QED) is 0.928. The normalized spacial score (nSPS) is 19.6. The zero-order valence-electron chi connectivity index (χ0n) is 13.2. The molecule has 0 bridgehead atoms. The molecule has 1 aliphatic heterocycles. The number of nitrogens with zero attached hydrogens (tertiary/aromatic N) is 2. The van der Waals surface area contributed by atoms with Crippen molar-refractivity contribution < 1.29 is 14.6 Å². The third kappa shape index (κ3) is 3.73. The topological polar surface area (TPSA) is 62.7 Å². The minimum Gasteiger partial charge on any atom is -0.478 e. The fraction of sp³-hybridized carbons (Fsp3) is 0.625. The SMILES string of the molecule is CCC1CN(c2cc(C(=O)O)cc(C(C)(C)C)n2)CCO1. The Bertz CT molecular complexity index is 523. The van der Waals surface area contributed by atoms with E-state index in [9.17, 15) is 9.90 Å². The van der Waals surface area contributed by atoms with Crippen molar-refractivity contribution in [2.45, 2.75) is 45.6 Å². The Balaban J connectivity index is 2.38. The minimum absolute atomic E-state index is 0.184. The molecular weight excluding hydrogens is 268 g/mol. The number of hydrogen-bond acceptors (Lipinski definition) is 4. The van der Waals surface area contributed by atoms with E-state index in [1.807, 2.05) is 20.8 Å². The van der Waals surface area contributed by atoms with E-state index in [0.717, 1.165) is 31.0 Å². The van der Waals surface area contributed by atoms with Gasteiger partial charge in [-0.25, -0.2) is 9.78 Å². The summed E-state index contributed by atoms with van der Waals surface area (Å²) in [6.07, 6.45) is 1.13. The second-order valence-corrected chi connectivity index (χ2v) is 6.50. The van der Waals surface area contributed by atoms with Gasteiger partial charge in [0.1, 0.15) is 5.82 Å². The maximum atomic E-state index is 11.4. The molecule has 0 amide bonds. The summed E-state index contributed by atoms with van der Waals surface area (Å²) in [6, 6.07) is 3.33. The molecule has 0 aromatic carbocycles. The summed E-state index contributed by atoms with van der Waals surface area (Å²) in [7, 11) is 0. The molecule has 1 aromatic heterocycles. The van der Waals surface area contributed by atoms with Gasteiger partial charge in [0.25, 0.3) is 0 Å². The predicted octanol–water partition coefficient (Wildman–Crippen LogP) is 2.69. The number of ether oxygens (including phenoxy) is 1. The van der Waals surface area contributed by atoms with Crippen molar-refractivity contribution in [3.05, 3.63) is 23.4 Å². The highest BCUT2D eigenvalue weighted by molar-refractivity contribution is 5.88. The number of pyridine rings is 1. The summed E-state index contributed by atoms with van der Waals surface area (Å²) in [5, 5.41) is 9.32. The summed E-state index contributed by atoms with van der Waals surface area (Å²) in [6.45, 7) is 10.4. The first-order valence-corrected chi connectivity index (χ1v) is 7.43. The van der Waals surface area contributed by atoms with E-state index in [2.05, 4.69) is 16.8 Å². The van der Waals surface area contributed by atoms with Crippen LogP contribution in [0, 0.1) is 0 Å². The highest BCUT2D eigenvalue weighted by atomic mass is 16.5. The molecule has 0 saturated carbocycles. The summed E-state index contributed by atoms with van der Waals surface area (Å²) < 4.78 is 5.67. The van der Waals surface area contributed by atoms with Crippen LogP contribution in [0.3, 0.4) is 0 Å². The summed E-state index contributed by atoms with van der Waals surface area (Å²) in [5.41, 5.74) is 0.915. The lowest BCUT2D eigenvalue weighted by Crippen LogP contribution is -2.42. The number of rotatable bonds is 3. The van der Waals surface area contributed by atoms with E-state index < -0.39 is 5.97 Å². The Morgan fingerprint density at radius 3 is 2.76 bits per heavy atom. The minimum atomic E-state index is -0.913. The molecule has 1 saturated heterocycles. The lowest BCUT2D eigenvalue weighted by atomic mass is 9.90. The van der Waals surface area contributed by atoms with Crippen LogP contribution in [0.5, 0.6) is 0 Å². The Morgan fingerprint density at radius 1 is 1.48 bits per heavy atom. The van der Waals surface area contributed by atoms with Crippen molar-refractivity contribution in [2.75, 3.05) is 24.6 Å². The van der Waals surface area contributed by atoms with Gasteiger partial charge in [0.05, 0.1) is 18.3 Å². The fourth-order valence-corrected chi connectivity index (χ4v) is 2.36. The van der Waals surface area contributed by atoms with Gasteiger partial charge in [-0.2, -0.15) is 0 Å². The maximum absolute atomic E-state index is 11.4. The molecule has 116 valence electrons. The third-order valence-corrected chi connectivity index (χ3v) is 3.75. The van der Waals surface area contributed by atoms with Gasteiger partial charge in [0.15, 0.2) is 0 Å². The van der Waals surface area contributed by atoms with Crippen LogP contribution >= 0.6 is 0 Å². The van der Waals surface area contributed by atoms with Crippen LogP contribution in [0.1, 0.15) is 50.2 Å². The highest BCUT2D eigenvalue weighted by Crippen LogP contribution is 2.26. The Morgan fingerprint density at radius 2 is 2.19 bits per heavy atom. The van der Waals surface area contributed by atoms with Crippen LogP contribution in [0.2, 0.25) is 0 Å². The molecule has 1 N–H and O–H groups in total. The van der Waals surface area contributed by atoms with Crippen LogP contribution in [0.4, 0.5) is 5.82 Å². The monoisotopic (exact) mass is 292 g/mol. The highest BCUT2D eigenvalue weighted by Gasteiger charge is 2.24. The number of hydrogen-bond donors (Lipinski definition) is 1. The van der Waals surface area contributed by atoms with Crippen molar-refractivity contribution in [2.24, 2.45) is 0 Å². The maximum Gasteiger partial charge on any atom is 0.335 e. The van der Waals surface area contributed by atoms with E-state index in [1.165, 1.54) is 0 Å². The standard InChI is InChI=1S/C16H24N2O3/c1-5-12-10-18(6-7-21-12)14-9-11(15(19)20)8-13(17-14)16(2,3)4/h8-9,12H,5-7,10H2,1-4H3,(H,19,20). The molecule has 5 heteroatoms. The molecular formula is C16H24N2O3. The van der Waals surface area contributed by atoms with Gasteiger partial charge in [-0.1, -0.05) is 27.7 Å². The molecule has 21 heavy (non-hydrogen) atoms. The van der Waals surface area contributed by atoms with Gasteiger partial charge < -0.3 is 14.7 Å². The first kappa shape index (κ1) is 15.8. The van der Waals surface area contributed by atoms with Crippen LogP contribution in [-0.4, -0.2) is 41.9 Å². The van der Waals surface area contributed by atoms with Crippen LogP contribution in [-0.2, 0) is 10.2 Å². The van der Waals surface area contributed by atoms with Gasteiger partial charge in [0.2, 0.25) is 0 Å². The first-order valence-electron chi connectivity index (χ1n) is 7.43. The van der Waals surface area contributed by atoms with Crippen LogP contribution in [0.15, 0.2) is 12.1 Å². The Labute approximate surface area is 125 Å². The fourth-order valence-electron chi connectivity index (χ4n) is 2.36.